The average Bonchev–Trinajstić information content (AvgIpc) is 3.17. The summed E-state index contributed by atoms with van der Waals surface area (Å²) >= 11 is 1.65. The highest BCUT2D eigenvalue weighted by Crippen LogP contribution is 2.35. The van der Waals surface area contributed by atoms with E-state index in [2.05, 4.69) is 22.5 Å². The van der Waals surface area contributed by atoms with Crippen LogP contribution < -0.4 is 5.73 Å². The number of carbonyl (C=O) groups excluding carboxylic acids is 1. The molecule has 0 aliphatic carbocycles. The third-order valence-electron chi connectivity index (χ3n) is 4.76. The Bertz CT molecular complexity index is 700. The number of primary amides is 1. The van der Waals surface area contributed by atoms with Gasteiger partial charge in [0.15, 0.2) is 0 Å². The van der Waals surface area contributed by atoms with Gasteiger partial charge in [0.25, 0.3) is 5.91 Å². The zero-order chi connectivity index (χ0) is 17.1. The number of amides is 1. The van der Waals surface area contributed by atoms with Gasteiger partial charge in [-0.2, -0.15) is 0 Å². The summed E-state index contributed by atoms with van der Waals surface area (Å²) in [4.78, 5) is 15.6. The molecule has 2 N–H and O–H groups in total. The average molecular weight is 347 g/mol. The second kappa shape index (κ2) is 7.51. The third-order valence-corrected chi connectivity index (χ3v) is 5.64. The van der Waals surface area contributed by atoms with Gasteiger partial charge in [-0.1, -0.05) is 6.07 Å². The fourth-order valence-electron chi connectivity index (χ4n) is 3.52. The minimum atomic E-state index is -0.342. The maximum atomic E-state index is 12.0. The van der Waals surface area contributed by atoms with Gasteiger partial charge in [-0.05, 0) is 31.7 Å². The van der Waals surface area contributed by atoms with E-state index in [4.69, 9.17) is 10.5 Å². The first-order valence-corrected chi connectivity index (χ1v) is 9.31. The van der Waals surface area contributed by atoms with E-state index in [9.17, 15) is 4.79 Å². The van der Waals surface area contributed by atoms with Crippen molar-refractivity contribution in [1.82, 2.24) is 9.47 Å². The van der Waals surface area contributed by atoms with Gasteiger partial charge in [0.2, 0.25) is 0 Å². The van der Waals surface area contributed by atoms with E-state index in [0.717, 1.165) is 67.6 Å². The molecular weight excluding hydrogens is 322 g/mol. The summed E-state index contributed by atoms with van der Waals surface area (Å²) < 4.78 is 7.64. The predicted molar refractivity (Wildman–Crippen MR) is 97.6 cm³/mol. The predicted octanol–water partition coefficient (Wildman–Crippen LogP) is 2.65. The van der Waals surface area contributed by atoms with Gasteiger partial charge >= 0.3 is 0 Å². The molecule has 2 aromatic rings. The summed E-state index contributed by atoms with van der Waals surface area (Å²) in [5.41, 5.74) is 9.46. The van der Waals surface area contributed by atoms with E-state index in [1.54, 1.807) is 11.3 Å². The summed E-state index contributed by atoms with van der Waals surface area (Å²) in [6.45, 7) is 9.72. The zero-order valence-electron chi connectivity index (χ0n) is 14.4. The highest BCUT2D eigenvalue weighted by Gasteiger charge is 2.23. The topological polar surface area (TPSA) is 60.5 Å². The van der Waals surface area contributed by atoms with Gasteiger partial charge in [0.05, 0.1) is 18.8 Å². The number of aromatic nitrogens is 1. The monoisotopic (exact) mass is 347 g/mol. The smallest absolute Gasteiger partial charge is 0.251 e. The highest BCUT2D eigenvalue weighted by molar-refractivity contribution is 7.13. The van der Waals surface area contributed by atoms with Crippen molar-refractivity contribution in [2.75, 3.05) is 32.8 Å². The van der Waals surface area contributed by atoms with Gasteiger partial charge in [0.1, 0.15) is 0 Å². The van der Waals surface area contributed by atoms with Crippen LogP contribution in [0.25, 0.3) is 10.4 Å². The first-order valence-electron chi connectivity index (χ1n) is 8.43. The molecule has 1 aliphatic heterocycles. The fraction of sp³-hybridized carbons (Fsp3) is 0.500. The maximum absolute atomic E-state index is 12.0. The van der Waals surface area contributed by atoms with E-state index >= 15 is 0 Å². The maximum Gasteiger partial charge on any atom is 0.251 e. The van der Waals surface area contributed by atoms with E-state index < -0.39 is 0 Å². The van der Waals surface area contributed by atoms with Crippen LogP contribution in [-0.2, 0) is 11.3 Å². The van der Waals surface area contributed by atoms with Crippen molar-refractivity contribution in [1.29, 1.82) is 0 Å². The molecule has 3 heterocycles. The highest BCUT2D eigenvalue weighted by atomic mass is 32.1. The van der Waals surface area contributed by atoms with Crippen LogP contribution >= 0.6 is 11.3 Å². The molecule has 0 atom stereocenters. The lowest BCUT2D eigenvalue weighted by Gasteiger charge is -2.26. The Morgan fingerprint density at radius 1 is 1.25 bits per heavy atom. The van der Waals surface area contributed by atoms with E-state index in [-0.39, 0.29) is 5.91 Å². The second-order valence-corrected chi connectivity index (χ2v) is 7.17. The molecule has 0 unspecified atom stereocenters. The number of hydrogen-bond donors (Lipinski definition) is 1. The molecule has 1 amide bonds. The standard InChI is InChI=1S/C18H25N3O2S/c1-13-16(15-5-3-12-24-15)17(18(19)22)14(2)21(13)7-4-6-20-8-10-23-11-9-20/h3,5,12H,4,6-11H2,1-2H3,(H2,19,22). The van der Waals surface area contributed by atoms with E-state index in [1.165, 1.54) is 0 Å². The third kappa shape index (κ3) is 3.41. The Morgan fingerprint density at radius 2 is 2.00 bits per heavy atom. The summed E-state index contributed by atoms with van der Waals surface area (Å²) in [5, 5.41) is 2.03. The summed E-state index contributed by atoms with van der Waals surface area (Å²) in [7, 11) is 0. The van der Waals surface area contributed by atoms with Crippen molar-refractivity contribution in [2.45, 2.75) is 26.8 Å². The molecular formula is C18H25N3O2S. The molecule has 24 heavy (non-hydrogen) atoms. The number of rotatable bonds is 6. The normalized spacial score (nSPS) is 15.8. The molecule has 0 radical (unpaired) electrons. The van der Waals surface area contributed by atoms with Crippen molar-refractivity contribution in [3.8, 4) is 10.4 Å². The van der Waals surface area contributed by atoms with Gasteiger partial charge in [-0.3, -0.25) is 9.69 Å². The zero-order valence-corrected chi connectivity index (χ0v) is 15.2. The van der Waals surface area contributed by atoms with Crippen LogP contribution in [-0.4, -0.2) is 48.2 Å². The Labute approximate surface area is 147 Å². The van der Waals surface area contributed by atoms with Gasteiger partial charge in [-0.15, -0.1) is 11.3 Å². The first-order chi connectivity index (χ1) is 11.6. The van der Waals surface area contributed by atoms with Crippen LogP contribution in [0.4, 0.5) is 0 Å². The molecule has 130 valence electrons. The Morgan fingerprint density at radius 3 is 2.62 bits per heavy atom. The van der Waals surface area contributed by atoms with Crippen LogP contribution in [0.2, 0.25) is 0 Å². The molecule has 1 saturated heterocycles. The number of nitrogens with two attached hydrogens (primary N) is 1. The number of thiophene rings is 1. The molecule has 1 aliphatic rings. The Balaban J connectivity index is 1.80. The molecule has 6 heteroatoms. The number of morpholine rings is 1. The van der Waals surface area contributed by atoms with Crippen LogP contribution in [0.3, 0.4) is 0 Å². The number of carbonyl (C=O) groups is 1. The summed E-state index contributed by atoms with van der Waals surface area (Å²) in [6, 6.07) is 4.06. The first kappa shape index (κ1) is 17.2. The van der Waals surface area contributed by atoms with Gasteiger partial charge < -0.3 is 15.0 Å². The molecule has 0 aromatic carbocycles. The van der Waals surface area contributed by atoms with Crippen LogP contribution in [0.15, 0.2) is 17.5 Å². The van der Waals surface area contributed by atoms with Crippen molar-refractivity contribution in [2.24, 2.45) is 5.73 Å². The molecule has 3 rings (SSSR count). The lowest BCUT2D eigenvalue weighted by atomic mass is 10.1. The number of nitrogens with zero attached hydrogens (tertiary/aromatic N) is 2. The Hall–Kier alpha value is -1.63. The number of hydrogen-bond acceptors (Lipinski definition) is 4. The molecule has 0 bridgehead atoms. The molecule has 5 nitrogen and oxygen atoms in total. The number of ether oxygens (including phenoxy) is 1. The fourth-order valence-corrected chi connectivity index (χ4v) is 4.35. The SMILES string of the molecule is Cc1c(C(N)=O)c(-c2cccs2)c(C)n1CCCN1CCOCC1. The summed E-state index contributed by atoms with van der Waals surface area (Å²) in [6.07, 6.45) is 1.05. The molecule has 0 saturated carbocycles. The second-order valence-electron chi connectivity index (χ2n) is 6.22. The minimum Gasteiger partial charge on any atom is -0.379 e. The molecule has 1 fully saturated rings. The molecule has 0 spiro atoms. The van der Waals surface area contributed by atoms with Gasteiger partial charge in [-0.25, -0.2) is 0 Å². The van der Waals surface area contributed by atoms with Crippen molar-refractivity contribution < 1.29 is 9.53 Å². The largest absolute Gasteiger partial charge is 0.379 e. The lowest BCUT2D eigenvalue weighted by molar-refractivity contribution is 0.0369. The van der Waals surface area contributed by atoms with Crippen LogP contribution in [0, 0.1) is 13.8 Å². The van der Waals surface area contributed by atoms with E-state index in [1.807, 2.05) is 18.4 Å². The summed E-state index contributed by atoms with van der Waals surface area (Å²) in [5.74, 6) is -0.342. The minimum absolute atomic E-state index is 0.342. The van der Waals surface area contributed by atoms with Crippen LogP contribution in [0.1, 0.15) is 28.2 Å². The quantitative estimate of drug-likeness (QED) is 0.874. The van der Waals surface area contributed by atoms with Crippen molar-refractivity contribution in [3.63, 3.8) is 0 Å². The van der Waals surface area contributed by atoms with Gasteiger partial charge in [0, 0.05) is 48.0 Å². The van der Waals surface area contributed by atoms with Crippen LogP contribution in [0.5, 0.6) is 0 Å². The molecule has 2 aromatic heterocycles. The van der Waals surface area contributed by atoms with E-state index in [0.29, 0.717) is 5.56 Å². The van der Waals surface area contributed by atoms with Crippen molar-refractivity contribution >= 4 is 17.2 Å². The van der Waals surface area contributed by atoms with Crippen molar-refractivity contribution in [3.05, 3.63) is 34.5 Å². The Kier molecular flexibility index (Phi) is 5.38. The lowest BCUT2D eigenvalue weighted by Crippen LogP contribution is -2.37.